The number of rotatable bonds is 3. The molecule has 0 atom stereocenters. The molecule has 2 heteroatoms. The van der Waals surface area contributed by atoms with Crippen LogP contribution in [0.2, 0.25) is 0 Å². The summed E-state index contributed by atoms with van der Waals surface area (Å²) in [6, 6.07) is 10.4. The third-order valence-corrected chi connectivity index (χ3v) is 2.59. The van der Waals surface area contributed by atoms with Gasteiger partial charge in [-0.15, -0.1) is 0 Å². The minimum atomic E-state index is 0.875. The van der Waals surface area contributed by atoms with Crippen molar-refractivity contribution in [1.29, 1.82) is 0 Å². The van der Waals surface area contributed by atoms with Gasteiger partial charge in [0.05, 0.1) is 5.69 Å². The van der Waals surface area contributed by atoms with E-state index in [9.17, 15) is 0 Å². The van der Waals surface area contributed by atoms with Crippen LogP contribution in [-0.4, -0.2) is 4.98 Å². The molecule has 0 unspecified atom stereocenters. The van der Waals surface area contributed by atoms with Crippen LogP contribution in [0.4, 0.5) is 5.69 Å². The van der Waals surface area contributed by atoms with E-state index < -0.39 is 0 Å². The fraction of sp³-hybridized carbons (Fsp3) is 0.231. The third kappa shape index (κ3) is 2.21. The molecule has 0 bridgehead atoms. The van der Waals surface area contributed by atoms with Gasteiger partial charge in [0, 0.05) is 18.4 Å². The first-order valence-corrected chi connectivity index (χ1v) is 5.20. The van der Waals surface area contributed by atoms with E-state index in [1.54, 1.807) is 0 Å². The molecule has 0 radical (unpaired) electrons. The molecule has 0 saturated carbocycles. The van der Waals surface area contributed by atoms with Crippen LogP contribution < -0.4 is 5.32 Å². The lowest BCUT2D eigenvalue weighted by atomic mass is 10.2. The first-order valence-electron chi connectivity index (χ1n) is 5.20. The first kappa shape index (κ1) is 9.84. The molecule has 2 rings (SSSR count). The monoisotopic (exact) mass is 200 g/mol. The molecule has 0 aliphatic carbocycles. The van der Waals surface area contributed by atoms with Crippen LogP contribution in [0.5, 0.6) is 0 Å². The van der Waals surface area contributed by atoms with Crippen LogP contribution in [0.15, 0.2) is 36.5 Å². The van der Waals surface area contributed by atoms with Gasteiger partial charge in [0.15, 0.2) is 0 Å². The SMILES string of the molecule is Cc1c[nH]c(C)c1NCc1ccccc1. The number of hydrogen-bond donors (Lipinski definition) is 2. The molecule has 15 heavy (non-hydrogen) atoms. The number of nitrogens with one attached hydrogen (secondary N) is 2. The number of anilines is 1. The van der Waals surface area contributed by atoms with E-state index >= 15 is 0 Å². The molecule has 0 spiro atoms. The highest BCUT2D eigenvalue weighted by atomic mass is 14.9. The lowest BCUT2D eigenvalue weighted by molar-refractivity contribution is 1.13. The second-order valence-electron chi connectivity index (χ2n) is 3.81. The van der Waals surface area contributed by atoms with Crippen molar-refractivity contribution in [3.63, 3.8) is 0 Å². The quantitative estimate of drug-likeness (QED) is 0.782. The number of benzene rings is 1. The summed E-state index contributed by atoms with van der Waals surface area (Å²) < 4.78 is 0. The number of aromatic nitrogens is 1. The highest BCUT2D eigenvalue weighted by molar-refractivity contribution is 5.54. The molecule has 2 aromatic rings. The zero-order chi connectivity index (χ0) is 10.7. The Kier molecular flexibility index (Phi) is 2.77. The van der Waals surface area contributed by atoms with Gasteiger partial charge in [-0.25, -0.2) is 0 Å². The zero-order valence-electron chi connectivity index (χ0n) is 9.17. The molecule has 0 fully saturated rings. The molecule has 1 aromatic heterocycles. The summed E-state index contributed by atoms with van der Waals surface area (Å²) in [4.78, 5) is 3.21. The van der Waals surface area contributed by atoms with E-state index in [0.717, 1.165) is 6.54 Å². The minimum Gasteiger partial charge on any atom is -0.379 e. The molecular weight excluding hydrogens is 184 g/mol. The Hall–Kier alpha value is -1.70. The van der Waals surface area contributed by atoms with Crippen LogP contribution in [0.1, 0.15) is 16.8 Å². The summed E-state index contributed by atoms with van der Waals surface area (Å²) >= 11 is 0. The average molecular weight is 200 g/mol. The van der Waals surface area contributed by atoms with Crippen LogP contribution >= 0.6 is 0 Å². The van der Waals surface area contributed by atoms with Gasteiger partial charge >= 0.3 is 0 Å². The van der Waals surface area contributed by atoms with E-state index in [1.807, 2.05) is 12.3 Å². The van der Waals surface area contributed by atoms with Crippen molar-refractivity contribution >= 4 is 5.69 Å². The average Bonchev–Trinajstić information content (AvgIpc) is 2.58. The summed E-state index contributed by atoms with van der Waals surface area (Å²) in [7, 11) is 0. The van der Waals surface area contributed by atoms with Crippen LogP contribution in [0.25, 0.3) is 0 Å². The smallest absolute Gasteiger partial charge is 0.0580 e. The van der Waals surface area contributed by atoms with E-state index in [2.05, 4.69) is 48.4 Å². The summed E-state index contributed by atoms with van der Waals surface area (Å²) in [6.45, 7) is 5.07. The van der Waals surface area contributed by atoms with Crippen molar-refractivity contribution in [3.05, 3.63) is 53.3 Å². The molecule has 0 aliphatic heterocycles. The second kappa shape index (κ2) is 4.22. The summed E-state index contributed by atoms with van der Waals surface area (Å²) in [5.41, 5.74) is 4.99. The Bertz CT molecular complexity index is 410. The molecule has 1 heterocycles. The summed E-state index contributed by atoms with van der Waals surface area (Å²) in [5, 5.41) is 3.45. The Morgan fingerprint density at radius 1 is 1.13 bits per heavy atom. The predicted molar refractivity (Wildman–Crippen MR) is 64.0 cm³/mol. The van der Waals surface area contributed by atoms with Gasteiger partial charge in [0.2, 0.25) is 0 Å². The number of aryl methyl sites for hydroxylation is 2. The van der Waals surface area contributed by atoms with E-state index in [-0.39, 0.29) is 0 Å². The molecule has 0 aliphatic rings. The maximum absolute atomic E-state index is 3.45. The van der Waals surface area contributed by atoms with Crippen molar-refractivity contribution in [1.82, 2.24) is 4.98 Å². The number of aromatic amines is 1. The topological polar surface area (TPSA) is 27.8 Å². The van der Waals surface area contributed by atoms with E-state index in [1.165, 1.54) is 22.5 Å². The third-order valence-electron chi connectivity index (χ3n) is 2.59. The van der Waals surface area contributed by atoms with Crippen molar-refractivity contribution < 1.29 is 0 Å². The summed E-state index contributed by atoms with van der Waals surface area (Å²) in [6.07, 6.45) is 2.03. The van der Waals surface area contributed by atoms with Gasteiger partial charge in [0.25, 0.3) is 0 Å². The Balaban J connectivity index is 2.05. The first-order chi connectivity index (χ1) is 7.27. The van der Waals surface area contributed by atoms with Crippen LogP contribution in [-0.2, 0) is 6.54 Å². The van der Waals surface area contributed by atoms with E-state index in [4.69, 9.17) is 0 Å². The van der Waals surface area contributed by atoms with Crippen molar-refractivity contribution in [2.45, 2.75) is 20.4 Å². The van der Waals surface area contributed by atoms with Gasteiger partial charge in [-0.1, -0.05) is 30.3 Å². The lowest BCUT2D eigenvalue weighted by Gasteiger charge is -2.07. The minimum absolute atomic E-state index is 0.875. The number of hydrogen-bond acceptors (Lipinski definition) is 1. The normalized spacial score (nSPS) is 10.3. The molecule has 1 aromatic carbocycles. The lowest BCUT2D eigenvalue weighted by Crippen LogP contribution is -2.00. The Labute approximate surface area is 90.3 Å². The van der Waals surface area contributed by atoms with Gasteiger partial charge < -0.3 is 10.3 Å². The van der Waals surface area contributed by atoms with Crippen molar-refractivity contribution in [2.24, 2.45) is 0 Å². The molecule has 0 amide bonds. The largest absolute Gasteiger partial charge is 0.379 e. The maximum atomic E-state index is 3.45. The van der Waals surface area contributed by atoms with Crippen LogP contribution in [0.3, 0.4) is 0 Å². The highest BCUT2D eigenvalue weighted by Crippen LogP contribution is 2.19. The Morgan fingerprint density at radius 3 is 2.47 bits per heavy atom. The molecule has 2 N–H and O–H groups in total. The predicted octanol–water partition coefficient (Wildman–Crippen LogP) is 3.24. The molecule has 2 nitrogen and oxygen atoms in total. The summed E-state index contributed by atoms with van der Waals surface area (Å²) in [5.74, 6) is 0. The van der Waals surface area contributed by atoms with Crippen molar-refractivity contribution in [2.75, 3.05) is 5.32 Å². The van der Waals surface area contributed by atoms with Crippen molar-refractivity contribution in [3.8, 4) is 0 Å². The van der Waals surface area contributed by atoms with E-state index in [0.29, 0.717) is 0 Å². The number of H-pyrrole nitrogens is 1. The molecule has 0 saturated heterocycles. The van der Waals surface area contributed by atoms with Gasteiger partial charge in [-0.05, 0) is 25.0 Å². The maximum Gasteiger partial charge on any atom is 0.0580 e. The second-order valence-corrected chi connectivity index (χ2v) is 3.81. The standard InChI is InChI=1S/C13H16N2/c1-10-8-14-11(2)13(10)15-9-12-6-4-3-5-7-12/h3-8,14-15H,9H2,1-2H3. The van der Waals surface area contributed by atoms with Crippen LogP contribution in [0, 0.1) is 13.8 Å². The molecule has 78 valence electrons. The molecular formula is C13H16N2. The fourth-order valence-electron chi connectivity index (χ4n) is 1.71. The Morgan fingerprint density at radius 2 is 1.87 bits per heavy atom. The van der Waals surface area contributed by atoms with Gasteiger partial charge in [0.1, 0.15) is 0 Å². The van der Waals surface area contributed by atoms with Gasteiger partial charge in [-0.2, -0.15) is 0 Å². The highest BCUT2D eigenvalue weighted by Gasteiger charge is 2.02. The van der Waals surface area contributed by atoms with Gasteiger partial charge in [-0.3, -0.25) is 0 Å². The fourth-order valence-corrected chi connectivity index (χ4v) is 1.71. The zero-order valence-corrected chi connectivity index (χ0v) is 9.17.